The molecule has 16 heavy (non-hydrogen) atoms. The lowest BCUT2D eigenvalue weighted by molar-refractivity contribution is -0.139. The summed E-state index contributed by atoms with van der Waals surface area (Å²) in [6, 6.07) is 3.33. The zero-order valence-corrected chi connectivity index (χ0v) is 8.34. The molecule has 2 aromatic rings. The van der Waals surface area contributed by atoms with Crippen molar-refractivity contribution in [3.05, 3.63) is 29.2 Å². The third-order valence-electron chi connectivity index (χ3n) is 1.92. The topological polar surface area (TPSA) is 46.0 Å². The maximum atomic E-state index is 12.6. The van der Waals surface area contributed by atoms with Crippen molar-refractivity contribution in [2.24, 2.45) is 0 Å². The molecule has 84 valence electrons. The quantitative estimate of drug-likeness (QED) is 0.729. The first-order valence-electron chi connectivity index (χ1n) is 4.11. The van der Waals surface area contributed by atoms with Crippen LogP contribution in [0.4, 0.5) is 13.2 Å². The summed E-state index contributed by atoms with van der Waals surface area (Å²) >= 11 is 5.38. The van der Waals surface area contributed by atoms with E-state index in [-0.39, 0.29) is 16.7 Å². The second-order valence-corrected chi connectivity index (χ2v) is 3.38. The van der Waals surface area contributed by atoms with Gasteiger partial charge in [0.25, 0.3) is 0 Å². The Bertz CT molecular complexity index is 551. The van der Waals surface area contributed by atoms with Gasteiger partial charge in [-0.1, -0.05) is 0 Å². The van der Waals surface area contributed by atoms with Gasteiger partial charge in [-0.3, -0.25) is 0 Å². The predicted molar refractivity (Wildman–Crippen MR) is 51.2 cm³/mol. The number of nitrogens with zero attached hydrogens (tertiary/aromatic N) is 2. The van der Waals surface area contributed by atoms with Crippen molar-refractivity contribution in [3.63, 3.8) is 0 Å². The number of fused-ring (bicyclic) bond motifs is 1. The summed E-state index contributed by atoms with van der Waals surface area (Å²) in [4.78, 5) is 6.75. The van der Waals surface area contributed by atoms with Gasteiger partial charge in [-0.25, -0.2) is 9.97 Å². The summed E-state index contributed by atoms with van der Waals surface area (Å²) in [5.41, 5.74) is -1.16. The summed E-state index contributed by atoms with van der Waals surface area (Å²) in [5, 5.41) is 8.42. The van der Waals surface area contributed by atoms with Gasteiger partial charge in [0.2, 0.25) is 5.28 Å². The van der Waals surface area contributed by atoms with Crippen LogP contribution in [0.25, 0.3) is 10.9 Å². The largest absolute Gasteiger partial charge is 0.508 e. The van der Waals surface area contributed by atoms with Crippen LogP contribution in [-0.2, 0) is 6.18 Å². The monoisotopic (exact) mass is 248 g/mol. The van der Waals surface area contributed by atoms with Crippen LogP contribution in [0.2, 0.25) is 5.28 Å². The first kappa shape index (κ1) is 10.9. The fraction of sp³-hybridized carbons (Fsp3) is 0.111. The van der Waals surface area contributed by atoms with Crippen molar-refractivity contribution >= 4 is 22.5 Å². The highest BCUT2D eigenvalue weighted by atomic mass is 35.5. The van der Waals surface area contributed by atoms with Crippen LogP contribution in [0, 0.1) is 0 Å². The third-order valence-corrected chi connectivity index (χ3v) is 2.09. The number of alkyl halides is 3. The van der Waals surface area contributed by atoms with E-state index >= 15 is 0 Å². The molecule has 0 saturated carbocycles. The van der Waals surface area contributed by atoms with Crippen molar-refractivity contribution in [3.8, 4) is 5.75 Å². The number of halogens is 4. The number of hydrogen-bond acceptors (Lipinski definition) is 3. The van der Waals surface area contributed by atoms with Gasteiger partial charge in [-0.15, -0.1) is 0 Å². The van der Waals surface area contributed by atoms with E-state index in [9.17, 15) is 13.2 Å². The molecule has 0 atom stereocenters. The molecule has 1 heterocycles. The van der Waals surface area contributed by atoms with E-state index in [4.69, 9.17) is 16.7 Å². The molecule has 0 radical (unpaired) electrons. The second kappa shape index (κ2) is 3.48. The number of benzene rings is 1. The zero-order chi connectivity index (χ0) is 11.9. The smallest absolute Gasteiger partial charge is 0.434 e. The zero-order valence-electron chi connectivity index (χ0n) is 7.59. The molecule has 2 rings (SSSR count). The van der Waals surface area contributed by atoms with Crippen molar-refractivity contribution in [2.75, 3.05) is 0 Å². The van der Waals surface area contributed by atoms with Crippen molar-refractivity contribution < 1.29 is 18.3 Å². The number of aromatic hydroxyl groups is 1. The van der Waals surface area contributed by atoms with Gasteiger partial charge in [-0.2, -0.15) is 13.2 Å². The molecule has 0 amide bonds. The van der Waals surface area contributed by atoms with Crippen molar-refractivity contribution in [1.29, 1.82) is 0 Å². The summed E-state index contributed by atoms with van der Waals surface area (Å²) < 4.78 is 37.8. The first-order chi connectivity index (χ1) is 7.38. The molecule has 0 spiro atoms. The number of rotatable bonds is 0. The molecule has 0 fully saturated rings. The molecule has 1 N–H and O–H groups in total. The average molecular weight is 249 g/mol. The van der Waals surface area contributed by atoms with Gasteiger partial charge in [-0.05, 0) is 23.7 Å². The van der Waals surface area contributed by atoms with Crippen molar-refractivity contribution in [2.45, 2.75) is 6.18 Å². The minimum absolute atomic E-state index is 0.0488. The van der Waals surface area contributed by atoms with Crippen LogP contribution in [0.15, 0.2) is 18.2 Å². The standard InChI is InChI=1S/C9H4ClF3N2O/c10-8-14-6-3-4(16)1-2-5(6)7(15-8)9(11,12)13/h1-3,16H. The molecule has 0 aliphatic rings. The molecule has 3 nitrogen and oxygen atoms in total. The van der Waals surface area contributed by atoms with E-state index in [0.717, 1.165) is 18.2 Å². The molecular weight excluding hydrogens is 245 g/mol. The fourth-order valence-electron chi connectivity index (χ4n) is 1.31. The van der Waals surface area contributed by atoms with Crippen LogP contribution >= 0.6 is 11.6 Å². The SMILES string of the molecule is Oc1ccc2c(C(F)(F)F)nc(Cl)nc2c1. The van der Waals surface area contributed by atoms with Gasteiger partial charge in [0.1, 0.15) is 5.75 Å². The van der Waals surface area contributed by atoms with Gasteiger partial charge in [0.05, 0.1) is 5.52 Å². The summed E-state index contributed by atoms with van der Waals surface area (Å²) in [5.74, 6) is -0.185. The molecule has 1 aromatic carbocycles. The summed E-state index contributed by atoms with van der Waals surface area (Å²) in [7, 11) is 0. The Morgan fingerprint density at radius 3 is 2.50 bits per heavy atom. The molecule has 0 unspecified atom stereocenters. The minimum Gasteiger partial charge on any atom is -0.508 e. The number of hydrogen-bond donors (Lipinski definition) is 1. The Labute approximate surface area is 92.5 Å². The second-order valence-electron chi connectivity index (χ2n) is 3.04. The first-order valence-corrected chi connectivity index (χ1v) is 4.49. The van der Waals surface area contributed by atoms with E-state index in [0.29, 0.717) is 0 Å². The lowest BCUT2D eigenvalue weighted by atomic mass is 10.2. The average Bonchev–Trinajstić information content (AvgIpc) is 2.14. The van der Waals surface area contributed by atoms with Gasteiger partial charge in [0, 0.05) is 11.5 Å². The lowest BCUT2D eigenvalue weighted by Gasteiger charge is -2.09. The highest BCUT2D eigenvalue weighted by Gasteiger charge is 2.35. The summed E-state index contributed by atoms with van der Waals surface area (Å²) in [6.07, 6.45) is -4.61. The maximum absolute atomic E-state index is 12.6. The van der Waals surface area contributed by atoms with E-state index in [1.165, 1.54) is 0 Å². The van der Waals surface area contributed by atoms with E-state index in [1.807, 2.05) is 0 Å². The van der Waals surface area contributed by atoms with E-state index in [1.54, 1.807) is 0 Å². The molecule has 0 saturated heterocycles. The van der Waals surface area contributed by atoms with Crippen LogP contribution in [0.3, 0.4) is 0 Å². The maximum Gasteiger partial charge on any atom is 0.434 e. The van der Waals surface area contributed by atoms with Crippen LogP contribution in [0.5, 0.6) is 5.75 Å². The number of aromatic nitrogens is 2. The Balaban J connectivity index is 2.83. The van der Waals surface area contributed by atoms with Gasteiger partial charge < -0.3 is 5.11 Å². The lowest BCUT2D eigenvalue weighted by Crippen LogP contribution is -2.09. The highest BCUT2D eigenvalue weighted by Crippen LogP contribution is 2.34. The molecule has 0 aliphatic heterocycles. The molecular formula is C9H4ClF3N2O. The number of phenolic OH excluding ortho intramolecular Hbond substituents is 1. The molecule has 0 aliphatic carbocycles. The molecule has 7 heteroatoms. The highest BCUT2D eigenvalue weighted by molar-refractivity contribution is 6.28. The van der Waals surface area contributed by atoms with Crippen LogP contribution in [-0.4, -0.2) is 15.1 Å². The third kappa shape index (κ3) is 1.88. The normalized spacial score (nSPS) is 12.0. The fourth-order valence-corrected chi connectivity index (χ4v) is 1.48. The van der Waals surface area contributed by atoms with E-state index < -0.39 is 17.2 Å². The van der Waals surface area contributed by atoms with Crippen molar-refractivity contribution in [1.82, 2.24) is 9.97 Å². The number of phenols is 1. The van der Waals surface area contributed by atoms with E-state index in [2.05, 4.69) is 9.97 Å². The Hall–Kier alpha value is -1.56. The predicted octanol–water partition coefficient (Wildman–Crippen LogP) is 3.01. The Kier molecular flexibility index (Phi) is 2.38. The molecule has 0 bridgehead atoms. The van der Waals surface area contributed by atoms with Crippen LogP contribution < -0.4 is 0 Å². The Morgan fingerprint density at radius 1 is 1.19 bits per heavy atom. The van der Waals surface area contributed by atoms with Gasteiger partial charge in [0.15, 0.2) is 5.69 Å². The minimum atomic E-state index is -4.61. The van der Waals surface area contributed by atoms with Gasteiger partial charge >= 0.3 is 6.18 Å². The summed E-state index contributed by atoms with van der Waals surface area (Å²) in [6.45, 7) is 0. The molecule has 1 aromatic heterocycles. The van der Waals surface area contributed by atoms with Crippen LogP contribution in [0.1, 0.15) is 5.69 Å². The Morgan fingerprint density at radius 2 is 1.88 bits per heavy atom.